The monoisotopic (exact) mass is 486 g/mol. The van der Waals surface area contributed by atoms with Gasteiger partial charge in [0.05, 0.1) is 22.8 Å². The van der Waals surface area contributed by atoms with Crippen LogP contribution in [-0.2, 0) is 16.1 Å². The summed E-state index contributed by atoms with van der Waals surface area (Å²) < 4.78 is 5.53. The van der Waals surface area contributed by atoms with Gasteiger partial charge in [0.2, 0.25) is 0 Å². The summed E-state index contributed by atoms with van der Waals surface area (Å²) in [5.74, 6) is -1.30. The molecule has 2 aromatic carbocycles. The van der Waals surface area contributed by atoms with Crippen LogP contribution in [0.5, 0.6) is 0 Å². The number of aliphatic hydroxyl groups excluding tert-OH is 1. The lowest BCUT2D eigenvalue weighted by molar-refractivity contribution is -0.385. The molecule has 0 fully saturated rings. The number of esters is 1. The van der Waals surface area contributed by atoms with Crippen LogP contribution in [0.3, 0.4) is 0 Å². The summed E-state index contributed by atoms with van der Waals surface area (Å²) in [7, 11) is 0. The SMILES string of the molecule is O=C(COC(=O)c1ccc(CO)cc1)Nc1c(Br)cc([N+](=O)[O-])cc1Br. The second-order valence-electron chi connectivity index (χ2n) is 5.02. The molecule has 0 spiro atoms. The molecule has 136 valence electrons. The molecule has 0 heterocycles. The second kappa shape index (κ2) is 8.88. The lowest BCUT2D eigenvalue weighted by Crippen LogP contribution is -2.21. The Balaban J connectivity index is 1.98. The van der Waals surface area contributed by atoms with E-state index in [1.165, 1.54) is 24.3 Å². The van der Waals surface area contributed by atoms with Crippen LogP contribution in [-0.4, -0.2) is 28.5 Å². The maximum Gasteiger partial charge on any atom is 0.338 e. The van der Waals surface area contributed by atoms with E-state index in [4.69, 9.17) is 9.84 Å². The predicted octanol–water partition coefficient (Wildman–Crippen LogP) is 3.41. The van der Waals surface area contributed by atoms with Crippen LogP contribution in [0.4, 0.5) is 11.4 Å². The van der Waals surface area contributed by atoms with Crippen molar-refractivity contribution in [1.29, 1.82) is 0 Å². The number of carbonyl (C=O) groups is 2. The quantitative estimate of drug-likeness (QED) is 0.366. The molecule has 0 aliphatic rings. The van der Waals surface area contributed by atoms with Gasteiger partial charge in [-0.05, 0) is 49.6 Å². The summed E-state index contributed by atoms with van der Waals surface area (Å²) in [6, 6.07) is 8.60. The van der Waals surface area contributed by atoms with Gasteiger partial charge in [0.15, 0.2) is 6.61 Å². The highest BCUT2D eigenvalue weighted by Crippen LogP contribution is 2.35. The van der Waals surface area contributed by atoms with E-state index in [-0.39, 0.29) is 23.5 Å². The van der Waals surface area contributed by atoms with Gasteiger partial charge < -0.3 is 15.2 Å². The highest BCUT2D eigenvalue weighted by atomic mass is 79.9. The number of nitro benzene ring substituents is 1. The van der Waals surface area contributed by atoms with Crippen molar-refractivity contribution >= 4 is 55.1 Å². The molecule has 0 saturated heterocycles. The Morgan fingerprint density at radius 2 is 1.73 bits per heavy atom. The first-order valence-corrected chi connectivity index (χ1v) is 8.70. The van der Waals surface area contributed by atoms with Crippen LogP contribution in [0.2, 0.25) is 0 Å². The van der Waals surface area contributed by atoms with Crippen molar-refractivity contribution in [3.8, 4) is 0 Å². The maximum atomic E-state index is 12.0. The first kappa shape index (κ1) is 20.0. The van der Waals surface area contributed by atoms with E-state index in [2.05, 4.69) is 37.2 Å². The maximum absolute atomic E-state index is 12.0. The lowest BCUT2D eigenvalue weighted by Gasteiger charge is -2.10. The van der Waals surface area contributed by atoms with Crippen LogP contribution < -0.4 is 5.32 Å². The Morgan fingerprint density at radius 1 is 1.15 bits per heavy atom. The van der Waals surface area contributed by atoms with Crippen LogP contribution in [0.25, 0.3) is 0 Å². The zero-order valence-corrected chi connectivity index (χ0v) is 16.2. The number of hydrogen-bond donors (Lipinski definition) is 2. The van der Waals surface area contributed by atoms with Gasteiger partial charge in [-0.15, -0.1) is 0 Å². The lowest BCUT2D eigenvalue weighted by atomic mass is 10.1. The first-order chi connectivity index (χ1) is 12.3. The number of benzene rings is 2. The molecule has 0 saturated carbocycles. The summed E-state index contributed by atoms with van der Waals surface area (Å²) in [5, 5.41) is 22.3. The van der Waals surface area contributed by atoms with Gasteiger partial charge >= 0.3 is 5.97 Å². The number of hydrogen-bond acceptors (Lipinski definition) is 6. The van der Waals surface area contributed by atoms with E-state index < -0.39 is 23.4 Å². The third-order valence-corrected chi connectivity index (χ3v) is 4.46. The van der Waals surface area contributed by atoms with Gasteiger partial charge in [-0.1, -0.05) is 12.1 Å². The molecule has 0 unspecified atom stereocenters. The summed E-state index contributed by atoms with van der Waals surface area (Å²) in [5.41, 5.74) is 1.02. The number of aliphatic hydroxyl groups is 1. The fraction of sp³-hybridized carbons (Fsp3) is 0.125. The predicted molar refractivity (Wildman–Crippen MR) is 99.8 cm³/mol. The summed E-state index contributed by atoms with van der Waals surface area (Å²) in [4.78, 5) is 34.1. The summed E-state index contributed by atoms with van der Waals surface area (Å²) in [6.07, 6.45) is 0. The molecule has 26 heavy (non-hydrogen) atoms. The van der Waals surface area contributed by atoms with E-state index in [9.17, 15) is 19.7 Å². The fourth-order valence-electron chi connectivity index (χ4n) is 1.92. The normalized spacial score (nSPS) is 10.3. The third kappa shape index (κ3) is 5.10. The van der Waals surface area contributed by atoms with Gasteiger partial charge in [-0.3, -0.25) is 14.9 Å². The van der Waals surface area contributed by atoms with E-state index in [1.54, 1.807) is 12.1 Å². The second-order valence-corrected chi connectivity index (χ2v) is 6.73. The molecule has 2 aromatic rings. The zero-order valence-electron chi connectivity index (χ0n) is 13.1. The number of non-ortho nitro benzene ring substituents is 1. The summed E-state index contributed by atoms with van der Waals surface area (Å²) >= 11 is 6.30. The number of ether oxygens (including phenoxy) is 1. The van der Waals surface area contributed by atoms with Crippen molar-refractivity contribution < 1.29 is 24.4 Å². The zero-order chi connectivity index (χ0) is 19.3. The Kier molecular flexibility index (Phi) is 6.83. The number of nitro groups is 1. The molecular weight excluding hydrogens is 476 g/mol. The van der Waals surface area contributed by atoms with Gasteiger partial charge in [-0.2, -0.15) is 0 Å². The molecule has 8 nitrogen and oxygen atoms in total. The first-order valence-electron chi connectivity index (χ1n) is 7.12. The summed E-state index contributed by atoms with van der Waals surface area (Å²) in [6.45, 7) is -0.673. The number of amides is 1. The Labute approximate surface area is 164 Å². The molecular formula is C16H12Br2N2O6. The molecule has 0 aliphatic carbocycles. The molecule has 2 rings (SSSR count). The van der Waals surface area contributed by atoms with Gasteiger partial charge in [0.25, 0.3) is 11.6 Å². The molecule has 0 aromatic heterocycles. The number of nitrogens with one attached hydrogen (secondary N) is 1. The van der Waals surface area contributed by atoms with Crippen molar-refractivity contribution in [3.63, 3.8) is 0 Å². The van der Waals surface area contributed by atoms with Crippen molar-refractivity contribution in [2.75, 3.05) is 11.9 Å². The topological polar surface area (TPSA) is 119 Å². The molecule has 0 bridgehead atoms. The molecule has 2 N–H and O–H groups in total. The molecule has 0 atom stereocenters. The van der Waals surface area contributed by atoms with Crippen molar-refractivity contribution in [1.82, 2.24) is 0 Å². The van der Waals surface area contributed by atoms with E-state index in [0.29, 0.717) is 14.5 Å². The minimum atomic E-state index is -0.688. The highest BCUT2D eigenvalue weighted by molar-refractivity contribution is 9.11. The Hall–Kier alpha value is -2.30. The van der Waals surface area contributed by atoms with Crippen molar-refractivity contribution in [2.24, 2.45) is 0 Å². The average molecular weight is 488 g/mol. The molecule has 0 aliphatic heterocycles. The van der Waals surface area contributed by atoms with Crippen molar-refractivity contribution in [3.05, 3.63) is 66.6 Å². The van der Waals surface area contributed by atoms with Crippen LogP contribution in [0, 0.1) is 10.1 Å². The molecule has 1 amide bonds. The number of rotatable bonds is 6. The van der Waals surface area contributed by atoms with Gasteiger partial charge in [0.1, 0.15) is 0 Å². The minimum absolute atomic E-state index is 0.142. The number of anilines is 1. The highest BCUT2D eigenvalue weighted by Gasteiger charge is 2.17. The van der Waals surface area contributed by atoms with E-state index >= 15 is 0 Å². The number of nitrogens with zero attached hydrogens (tertiary/aromatic N) is 1. The van der Waals surface area contributed by atoms with E-state index in [1.807, 2.05) is 0 Å². The average Bonchev–Trinajstić information content (AvgIpc) is 2.62. The molecule has 10 heteroatoms. The molecule has 0 radical (unpaired) electrons. The van der Waals surface area contributed by atoms with Crippen molar-refractivity contribution in [2.45, 2.75) is 6.61 Å². The Bertz CT molecular complexity index is 831. The minimum Gasteiger partial charge on any atom is -0.452 e. The standard InChI is InChI=1S/C16H12Br2N2O6/c17-12-5-11(20(24)25)6-13(18)15(12)19-14(22)8-26-16(23)10-3-1-9(7-21)2-4-10/h1-6,21H,7-8H2,(H,19,22). The van der Waals surface area contributed by atoms with Crippen LogP contribution in [0.1, 0.15) is 15.9 Å². The van der Waals surface area contributed by atoms with Gasteiger partial charge in [-0.25, -0.2) is 4.79 Å². The fourth-order valence-corrected chi connectivity index (χ4v) is 3.28. The number of carbonyl (C=O) groups excluding carboxylic acids is 2. The van der Waals surface area contributed by atoms with Gasteiger partial charge in [0, 0.05) is 21.1 Å². The smallest absolute Gasteiger partial charge is 0.338 e. The van der Waals surface area contributed by atoms with Crippen LogP contribution in [0.15, 0.2) is 45.3 Å². The largest absolute Gasteiger partial charge is 0.452 e. The van der Waals surface area contributed by atoms with Crippen LogP contribution >= 0.6 is 31.9 Å². The Morgan fingerprint density at radius 3 is 2.23 bits per heavy atom. The third-order valence-electron chi connectivity index (χ3n) is 3.21. The van der Waals surface area contributed by atoms with E-state index in [0.717, 1.165) is 0 Å². The number of halogens is 2.